The van der Waals surface area contributed by atoms with E-state index in [2.05, 4.69) is 10.5 Å². The fraction of sp³-hybridized carbons (Fsp3) is 0.353. The number of amides is 1. The molecule has 27 heavy (non-hydrogen) atoms. The van der Waals surface area contributed by atoms with Crippen LogP contribution in [-0.4, -0.2) is 30.6 Å². The third kappa shape index (κ3) is 5.41. The van der Waals surface area contributed by atoms with Crippen molar-refractivity contribution in [1.82, 2.24) is 5.16 Å². The molecule has 0 aliphatic rings. The van der Waals surface area contributed by atoms with Gasteiger partial charge in [-0.25, -0.2) is 0 Å². The first kappa shape index (κ1) is 20.6. The zero-order valence-corrected chi connectivity index (χ0v) is 16.1. The maximum absolute atomic E-state index is 12.5. The van der Waals surface area contributed by atoms with Crippen molar-refractivity contribution in [2.45, 2.75) is 20.8 Å². The average molecular weight is 393 g/mol. The van der Waals surface area contributed by atoms with Crippen LogP contribution in [0.25, 0.3) is 0 Å². The maximum Gasteiger partial charge on any atom is 0.367 e. The molecule has 0 atom stereocenters. The first-order valence-electron chi connectivity index (χ1n) is 8.20. The summed E-state index contributed by atoms with van der Waals surface area (Å²) in [6, 6.07) is 6.48. The second-order valence-electron chi connectivity index (χ2n) is 5.29. The van der Waals surface area contributed by atoms with Crippen LogP contribution < -0.4 is 10.1 Å². The van der Waals surface area contributed by atoms with Gasteiger partial charge in [0.2, 0.25) is 0 Å². The molecular formula is C17H20N3O6P. The Labute approximate surface area is 156 Å². The first-order valence-corrected chi connectivity index (χ1v) is 9.93. The third-order valence-corrected chi connectivity index (χ3v) is 5.13. The van der Waals surface area contributed by atoms with Crippen molar-refractivity contribution in [3.05, 3.63) is 41.3 Å². The van der Waals surface area contributed by atoms with E-state index in [-0.39, 0.29) is 30.9 Å². The van der Waals surface area contributed by atoms with Crippen molar-refractivity contribution in [1.29, 1.82) is 5.26 Å². The van der Waals surface area contributed by atoms with Gasteiger partial charge < -0.3 is 23.6 Å². The van der Waals surface area contributed by atoms with Crippen LogP contribution in [0.3, 0.4) is 0 Å². The molecule has 1 N–H and O–H groups in total. The Bertz CT molecular complexity index is 879. The van der Waals surface area contributed by atoms with E-state index in [4.69, 9.17) is 18.3 Å². The average Bonchev–Trinajstić information content (AvgIpc) is 3.07. The molecule has 0 unspecified atom stereocenters. The summed E-state index contributed by atoms with van der Waals surface area (Å²) in [5.74, 6) is 0.114. The zero-order valence-electron chi connectivity index (χ0n) is 15.2. The minimum atomic E-state index is -3.44. The number of ether oxygens (including phenoxy) is 1. The largest absolute Gasteiger partial charge is 0.479 e. The number of aryl methyl sites for hydroxylation is 1. The van der Waals surface area contributed by atoms with Gasteiger partial charge in [-0.3, -0.25) is 9.36 Å². The molecule has 0 radical (unpaired) electrons. The van der Waals surface area contributed by atoms with Crippen LogP contribution in [-0.2, 0) is 13.6 Å². The summed E-state index contributed by atoms with van der Waals surface area (Å²) in [4.78, 5) is 12.2. The van der Waals surface area contributed by atoms with Gasteiger partial charge in [-0.1, -0.05) is 5.16 Å². The summed E-state index contributed by atoms with van der Waals surface area (Å²) in [6.45, 7) is 5.39. The van der Waals surface area contributed by atoms with Crippen LogP contribution in [0.2, 0.25) is 0 Å². The van der Waals surface area contributed by atoms with Crippen LogP contribution in [0.4, 0.5) is 5.69 Å². The summed E-state index contributed by atoms with van der Waals surface area (Å²) in [7, 11) is -3.44. The van der Waals surface area contributed by atoms with Crippen molar-refractivity contribution in [3.63, 3.8) is 0 Å². The zero-order chi connectivity index (χ0) is 19.9. The number of carbonyl (C=O) groups is 1. The monoisotopic (exact) mass is 393 g/mol. The van der Waals surface area contributed by atoms with Crippen LogP contribution in [0.15, 0.2) is 28.9 Å². The van der Waals surface area contributed by atoms with E-state index >= 15 is 0 Å². The number of rotatable bonds is 9. The van der Waals surface area contributed by atoms with Crippen LogP contribution in [0, 0.1) is 18.3 Å². The van der Waals surface area contributed by atoms with Gasteiger partial charge in [0.1, 0.15) is 23.1 Å². The smallest absolute Gasteiger partial charge is 0.367 e. The van der Waals surface area contributed by atoms with Crippen LogP contribution in [0.1, 0.15) is 35.5 Å². The first-order chi connectivity index (χ1) is 12.9. The molecule has 0 bridgehead atoms. The highest BCUT2D eigenvalue weighted by Crippen LogP contribution is 2.48. The Morgan fingerprint density at radius 1 is 1.33 bits per heavy atom. The fourth-order valence-electron chi connectivity index (χ4n) is 2.18. The topological polar surface area (TPSA) is 124 Å². The maximum atomic E-state index is 12.5. The number of hydrogen-bond acceptors (Lipinski definition) is 8. The lowest BCUT2D eigenvalue weighted by Crippen LogP contribution is -2.12. The second kappa shape index (κ2) is 9.33. The van der Waals surface area contributed by atoms with Crippen LogP contribution in [0.5, 0.6) is 5.75 Å². The molecule has 1 amide bonds. The third-order valence-electron chi connectivity index (χ3n) is 3.39. The Balaban J connectivity index is 2.17. The Morgan fingerprint density at radius 2 is 2.04 bits per heavy atom. The van der Waals surface area contributed by atoms with E-state index < -0.39 is 13.5 Å². The van der Waals surface area contributed by atoms with Gasteiger partial charge in [0, 0.05) is 11.8 Å². The van der Waals surface area contributed by atoms with E-state index in [1.165, 1.54) is 18.3 Å². The lowest BCUT2D eigenvalue weighted by Gasteiger charge is -2.18. The number of benzene rings is 1. The molecule has 144 valence electrons. The molecule has 0 aliphatic carbocycles. The van der Waals surface area contributed by atoms with Crippen molar-refractivity contribution in [2.75, 3.05) is 24.9 Å². The summed E-state index contributed by atoms with van der Waals surface area (Å²) in [6.07, 6.45) is 0.956. The van der Waals surface area contributed by atoms with Gasteiger partial charge in [-0.2, -0.15) is 5.26 Å². The molecule has 0 aliphatic heterocycles. The molecule has 2 rings (SSSR count). The molecule has 1 heterocycles. The Hall–Kier alpha value is -2.66. The molecule has 2 aromatic rings. The molecule has 0 saturated heterocycles. The van der Waals surface area contributed by atoms with E-state index in [1.54, 1.807) is 26.8 Å². The number of aromatic nitrogens is 1. The van der Waals surface area contributed by atoms with E-state index in [0.29, 0.717) is 17.0 Å². The summed E-state index contributed by atoms with van der Waals surface area (Å²) < 4.78 is 33.2. The predicted molar refractivity (Wildman–Crippen MR) is 96.7 cm³/mol. The molecule has 0 spiro atoms. The fourth-order valence-corrected chi connectivity index (χ4v) is 3.49. The quantitative estimate of drug-likeness (QED) is 0.640. The Kier molecular flexibility index (Phi) is 7.13. The summed E-state index contributed by atoms with van der Waals surface area (Å²) >= 11 is 0. The SMILES string of the molecule is CCOP(=O)(COc1cc(NC(=O)c2cnoc2C)ccc1C#N)OCC. The number of nitrogens with one attached hydrogen (secondary N) is 1. The highest BCUT2D eigenvalue weighted by Gasteiger charge is 2.25. The lowest BCUT2D eigenvalue weighted by atomic mass is 10.2. The highest BCUT2D eigenvalue weighted by molar-refractivity contribution is 7.53. The molecule has 9 nitrogen and oxygen atoms in total. The normalized spacial score (nSPS) is 11.0. The molecule has 1 aromatic carbocycles. The summed E-state index contributed by atoms with van der Waals surface area (Å²) in [5, 5.41) is 15.5. The number of carbonyl (C=O) groups excluding carboxylic acids is 1. The minimum absolute atomic E-state index is 0.150. The minimum Gasteiger partial charge on any atom is -0.479 e. The van der Waals surface area contributed by atoms with Crippen molar-refractivity contribution in [3.8, 4) is 11.8 Å². The van der Waals surface area contributed by atoms with Crippen molar-refractivity contribution < 1.29 is 27.7 Å². The molecular weight excluding hydrogens is 373 g/mol. The lowest BCUT2D eigenvalue weighted by molar-refractivity contribution is 0.102. The van der Waals surface area contributed by atoms with E-state index in [1.807, 2.05) is 6.07 Å². The molecule has 1 aromatic heterocycles. The molecule has 0 fully saturated rings. The number of nitrogens with zero attached hydrogens (tertiary/aromatic N) is 2. The van der Waals surface area contributed by atoms with E-state index in [9.17, 15) is 14.6 Å². The van der Waals surface area contributed by atoms with Gasteiger partial charge in [-0.05, 0) is 32.9 Å². The summed E-state index contributed by atoms with van der Waals surface area (Å²) in [5.41, 5.74) is 0.893. The number of nitriles is 1. The van der Waals surface area contributed by atoms with Gasteiger partial charge in [0.25, 0.3) is 5.91 Å². The molecule has 10 heteroatoms. The molecule has 0 saturated carbocycles. The van der Waals surface area contributed by atoms with Gasteiger partial charge >= 0.3 is 7.60 Å². The van der Waals surface area contributed by atoms with Gasteiger partial charge in [0.15, 0.2) is 6.35 Å². The van der Waals surface area contributed by atoms with Crippen molar-refractivity contribution >= 4 is 19.2 Å². The standard InChI is InChI=1S/C17H20N3O6P/c1-4-24-27(22,25-5-2)11-23-16-8-14(7-6-13(16)9-18)20-17(21)15-10-19-26-12(15)3/h6-8,10H,4-5,11H2,1-3H3,(H,20,21). The number of anilines is 1. The number of hydrogen-bond donors (Lipinski definition) is 1. The van der Waals surface area contributed by atoms with Crippen LogP contribution >= 0.6 is 7.60 Å². The van der Waals surface area contributed by atoms with E-state index in [0.717, 1.165) is 0 Å². The predicted octanol–water partition coefficient (Wildman–Crippen LogP) is 3.71. The van der Waals surface area contributed by atoms with Gasteiger partial charge in [0.05, 0.1) is 25.0 Å². The highest BCUT2D eigenvalue weighted by atomic mass is 31.2. The second-order valence-corrected chi connectivity index (χ2v) is 7.29. The van der Waals surface area contributed by atoms with Gasteiger partial charge in [-0.15, -0.1) is 0 Å². The Morgan fingerprint density at radius 3 is 2.59 bits per heavy atom. The van der Waals surface area contributed by atoms with Crippen molar-refractivity contribution in [2.24, 2.45) is 0 Å².